The van der Waals surface area contributed by atoms with E-state index in [1.54, 1.807) is 32.4 Å². The fourth-order valence-electron chi connectivity index (χ4n) is 3.62. The molecule has 8 nitrogen and oxygen atoms in total. The van der Waals surface area contributed by atoms with Gasteiger partial charge in [0, 0.05) is 44.6 Å². The SMILES string of the molecule is COc1ccc(CNC(=O)c2ccc3c(c2)c(=O)n(CCn2cccc2)c(=O)n3C)cc1. The molecule has 2 aromatic carbocycles. The number of carbonyl (C=O) groups is 1. The highest BCUT2D eigenvalue weighted by Gasteiger charge is 2.14. The van der Waals surface area contributed by atoms with Crippen LogP contribution in [0.1, 0.15) is 15.9 Å². The molecule has 2 heterocycles. The molecule has 1 N–H and O–H groups in total. The second-order valence-corrected chi connectivity index (χ2v) is 7.48. The van der Waals surface area contributed by atoms with Gasteiger partial charge in [0.05, 0.1) is 18.0 Å². The first kappa shape index (κ1) is 21.2. The number of aromatic nitrogens is 3. The van der Waals surface area contributed by atoms with Crippen LogP contribution < -0.4 is 21.3 Å². The van der Waals surface area contributed by atoms with Gasteiger partial charge in [-0.05, 0) is 48.0 Å². The Kier molecular flexibility index (Phi) is 5.93. The third kappa shape index (κ3) is 4.20. The van der Waals surface area contributed by atoms with E-state index in [0.717, 1.165) is 11.3 Å². The van der Waals surface area contributed by atoms with E-state index in [1.807, 2.05) is 53.4 Å². The molecule has 0 aliphatic rings. The van der Waals surface area contributed by atoms with E-state index in [0.29, 0.717) is 29.6 Å². The highest BCUT2D eigenvalue weighted by molar-refractivity contribution is 5.97. The maximum absolute atomic E-state index is 13.1. The van der Waals surface area contributed by atoms with Gasteiger partial charge in [0.15, 0.2) is 0 Å². The molecule has 0 bridgehead atoms. The third-order valence-electron chi connectivity index (χ3n) is 5.47. The van der Waals surface area contributed by atoms with Crippen molar-refractivity contribution in [3.63, 3.8) is 0 Å². The Balaban J connectivity index is 1.59. The van der Waals surface area contributed by atoms with Crippen molar-refractivity contribution in [2.75, 3.05) is 7.11 Å². The minimum absolute atomic E-state index is 0.240. The molecule has 0 fully saturated rings. The second-order valence-electron chi connectivity index (χ2n) is 7.48. The van der Waals surface area contributed by atoms with Crippen molar-refractivity contribution in [1.29, 1.82) is 0 Å². The Bertz CT molecular complexity index is 1370. The number of hydrogen-bond donors (Lipinski definition) is 1. The molecule has 8 heteroatoms. The molecule has 0 aliphatic heterocycles. The first-order valence-electron chi connectivity index (χ1n) is 10.2. The van der Waals surface area contributed by atoms with E-state index in [-0.39, 0.29) is 18.1 Å². The number of hydrogen-bond acceptors (Lipinski definition) is 4. The van der Waals surface area contributed by atoms with Crippen molar-refractivity contribution in [3.05, 3.63) is 99.0 Å². The van der Waals surface area contributed by atoms with Crippen molar-refractivity contribution >= 4 is 16.8 Å². The molecule has 4 aromatic rings. The van der Waals surface area contributed by atoms with E-state index >= 15 is 0 Å². The van der Waals surface area contributed by atoms with Gasteiger partial charge in [-0.1, -0.05) is 12.1 Å². The number of nitrogens with one attached hydrogen (secondary N) is 1. The van der Waals surface area contributed by atoms with Crippen LogP contribution in [0.4, 0.5) is 0 Å². The number of nitrogens with zero attached hydrogens (tertiary/aromatic N) is 3. The van der Waals surface area contributed by atoms with Gasteiger partial charge in [-0.15, -0.1) is 0 Å². The summed E-state index contributed by atoms with van der Waals surface area (Å²) in [6.45, 7) is 1.08. The summed E-state index contributed by atoms with van der Waals surface area (Å²) < 4.78 is 9.69. The Morgan fingerprint density at radius 1 is 1.00 bits per heavy atom. The first-order valence-corrected chi connectivity index (χ1v) is 10.2. The van der Waals surface area contributed by atoms with Gasteiger partial charge in [0.2, 0.25) is 0 Å². The number of amides is 1. The Morgan fingerprint density at radius 3 is 2.41 bits per heavy atom. The normalized spacial score (nSPS) is 10.9. The van der Waals surface area contributed by atoms with Crippen LogP contribution in [0.3, 0.4) is 0 Å². The molecule has 0 aliphatic carbocycles. The summed E-state index contributed by atoms with van der Waals surface area (Å²) in [6, 6.07) is 16.0. The molecule has 32 heavy (non-hydrogen) atoms. The van der Waals surface area contributed by atoms with Gasteiger partial charge < -0.3 is 14.6 Å². The van der Waals surface area contributed by atoms with Gasteiger partial charge in [0.25, 0.3) is 11.5 Å². The van der Waals surface area contributed by atoms with E-state index in [9.17, 15) is 14.4 Å². The molecule has 0 saturated heterocycles. The van der Waals surface area contributed by atoms with E-state index in [4.69, 9.17) is 4.74 Å². The summed E-state index contributed by atoms with van der Waals surface area (Å²) in [5.74, 6) is 0.447. The number of rotatable bonds is 7. The quantitative estimate of drug-likeness (QED) is 0.485. The van der Waals surface area contributed by atoms with Crippen LogP contribution in [0.15, 0.2) is 76.6 Å². The topological polar surface area (TPSA) is 87.3 Å². The number of carbonyl (C=O) groups excluding carboxylic acids is 1. The molecule has 0 atom stereocenters. The molecule has 164 valence electrons. The summed E-state index contributed by atoms with van der Waals surface area (Å²) in [4.78, 5) is 38.5. The number of fused-ring (bicyclic) bond motifs is 1. The van der Waals surface area contributed by atoms with E-state index in [1.165, 1.54) is 9.13 Å². The lowest BCUT2D eigenvalue weighted by atomic mass is 10.1. The van der Waals surface area contributed by atoms with Gasteiger partial charge in [-0.2, -0.15) is 0 Å². The fraction of sp³-hybridized carbons (Fsp3) is 0.208. The minimum Gasteiger partial charge on any atom is -0.497 e. The van der Waals surface area contributed by atoms with Crippen molar-refractivity contribution in [2.24, 2.45) is 7.05 Å². The van der Waals surface area contributed by atoms with Crippen molar-refractivity contribution in [2.45, 2.75) is 19.6 Å². The number of aryl methyl sites for hydroxylation is 2. The predicted molar refractivity (Wildman–Crippen MR) is 122 cm³/mol. The lowest BCUT2D eigenvalue weighted by Crippen LogP contribution is -2.40. The van der Waals surface area contributed by atoms with Gasteiger partial charge >= 0.3 is 5.69 Å². The number of benzene rings is 2. The fourth-order valence-corrected chi connectivity index (χ4v) is 3.62. The van der Waals surface area contributed by atoms with Crippen LogP contribution in [0.5, 0.6) is 5.75 Å². The number of ether oxygens (including phenoxy) is 1. The maximum atomic E-state index is 13.1. The molecule has 0 radical (unpaired) electrons. The van der Waals surface area contributed by atoms with Crippen LogP contribution in [0, 0.1) is 0 Å². The summed E-state index contributed by atoms with van der Waals surface area (Å²) >= 11 is 0. The minimum atomic E-state index is -0.403. The molecule has 0 saturated carbocycles. The molecule has 0 spiro atoms. The largest absolute Gasteiger partial charge is 0.497 e. The molecule has 1 amide bonds. The second kappa shape index (κ2) is 8.97. The van der Waals surface area contributed by atoms with Gasteiger partial charge in [-0.25, -0.2) is 4.79 Å². The predicted octanol–water partition coefficient (Wildman–Crippen LogP) is 2.14. The summed E-state index contributed by atoms with van der Waals surface area (Å²) in [6.07, 6.45) is 3.75. The smallest absolute Gasteiger partial charge is 0.331 e. The summed E-state index contributed by atoms with van der Waals surface area (Å²) in [5, 5.41) is 3.19. The molecule has 0 unspecified atom stereocenters. The standard InChI is InChI=1S/C24H24N4O4/c1-26-21-10-7-18(22(29)25-16-17-5-8-19(32-2)9-6-17)15-20(21)23(30)28(24(26)31)14-13-27-11-3-4-12-27/h3-12,15H,13-14,16H2,1-2H3,(H,25,29). The summed E-state index contributed by atoms with van der Waals surface area (Å²) in [5.41, 5.74) is 0.990. The number of methoxy groups -OCH3 is 1. The average Bonchev–Trinajstić information content (AvgIpc) is 3.34. The van der Waals surface area contributed by atoms with Crippen LogP contribution >= 0.6 is 0 Å². The van der Waals surface area contributed by atoms with Gasteiger partial charge in [-0.3, -0.25) is 18.7 Å². The molecular formula is C24H24N4O4. The maximum Gasteiger partial charge on any atom is 0.331 e. The Hall–Kier alpha value is -4.07. The zero-order valence-electron chi connectivity index (χ0n) is 17.9. The molecule has 4 rings (SSSR count). The highest BCUT2D eigenvalue weighted by Crippen LogP contribution is 2.13. The zero-order valence-corrected chi connectivity index (χ0v) is 17.9. The molecular weight excluding hydrogens is 408 g/mol. The van der Waals surface area contributed by atoms with Crippen molar-refractivity contribution in [1.82, 2.24) is 19.0 Å². The van der Waals surface area contributed by atoms with Crippen LogP contribution in [0.25, 0.3) is 10.9 Å². The first-order chi connectivity index (χ1) is 15.5. The monoisotopic (exact) mass is 432 g/mol. The van der Waals surface area contributed by atoms with Crippen LogP contribution in [-0.4, -0.2) is 26.7 Å². The third-order valence-corrected chi connectivity index (χ3v) is 5.47. The van der Waals surface area contributed by atoms with E-state index in [2.05, 4.69) is 5.32 Å². The molecule has 2 aromatic heterocycles. The Labute approximate surface area is 184 Å². The van der Waals surface area contributed by atoms with Crippen LogP contribution in [0.2, 0.25) is 0 Å². The van der Waals surface area contributed by atoms with Gasteiger partial charge in [0.1, 0.15) is 5.75 Å². The summed E-state index contributed by atoms with van der Waals surface area (Å²) in [7, 11) is 3.22. The van der Waals surface area contributed by atoms with Crippen molar-refractivity contribution < 1.29 is 9.53 Å². The lowest BCUT2D eigenvalue weighted by Gasteiger charge is -2.12. The van der Waals surface area contributed by atoms with Crippen molar-refractivity contribution in [3.8, 4) is 5.75 Å². The average molecular weight is 432 g/mol. The Morgan fingerprint density at radius 2 is 1.72 bits per heavy atom. The van der Waals surface area contributed by atoms with Crippen LogP contribution in [-0.2, 0) is 26.7 Å². The zero-order chi connectivity index (χ0) is 22.7. The lowest BCUT2D eigenvalue weighted by molar-refractivity contribution is 0.0951. The van der Waals surface area contributed by atoms with E-state index < -0.39 is 5.56 Å². The highest BCUT2D eigenvalue weighted by atomic mass is 16.5.